The summed E-state index contributed by atoms with van der Waals surface area (Å²) in [5, 5.41) is 29.2. The Balaban J connectivity index is 2.12. The fourth-order valence-electron chi connectivity index (χ4n) is 4.89. The topological polar surface area (TPSA) is 133 Å². The zero-order valence-electron chi connectivity index (χ0n) is 18.1. The fraction of sp³-hybridized carbons (Fsp3) is 0.0769. The Morgan fingerprint density at radius 2 is 0.794 bits per heavy atom. The van der Waals surface area contributed by atoms with Crippen molar-refractivity contribution in [1.82, 2.24) is 10.6 Å². The van der Waals surface area contributed by atoms with Crippen molar-refractivity contribution in [3.8, 4) is 0 Å². The molecule has 0 aliphatic carbocycles. The van der Waals surface area contributed by atoms with Gasteiger partial charge in [0.15, 0.2) is 0 Å². The Morgan fingerprint density at radius 3 is 1.09 bits per heavy atom. The van der Waals surface area contributed by atoms with E-state index >= 15 is 0 Å². The van der Waals surface area contributed by atoms with Gasteiger partial charge in [0, 0.05) is 36.0 Å². The molecular formula is C26H18N2O6. The minimum Gasteiger partial charge on any atom is -0.478 e. The number of carboxylic acid groups (broad SMARTS) is 2. The van der Waals surface area contributed by atoms with E-state index in [4.69, 9.17) is 0 Å². The van der Waals surface area contributed by atoms with Crippen molar-refractivity contribution in [2.24, 2.45) is 0 Å². The van der Waals surface area contributed by atoms with Crippen LogP contribution in [0.5, 0.6) is 0 Å². The predicted molar refractivity (Wildman–Crippen MR) is 128 cm³/mol. The average molecular weight is 454 g/mol. The van der Waals surface area contributed by atoms with Gasteiger partial charge < -0.3 is 20.8 Å². The second-order valence-corrected chi connectivity index (χ2v) is 7.91. The number of fused-ring (bicyclic) bond motifs is 2. The lowest BCUT2D eigenvalue weighted by atomic mass is 9.84. The van der Waals surface area contributed by atoms with E-state index in [1.165, 1.54) is 26.2 Å². The number of carbonyl (C=O) groups is 4. The van der Waals surface area contributed by atoms with Crippen LogP contribution in [0.1, 0.15) is 41.4 Å². The monoisotopic (exact) mass is 454 g/mol. The maximum atomic E-state index is 12.7. The smallest absolute Gasteiger partial charge is 0.336 e. The molecule has 0 aliphatic heterocycles. The maximum absolute atomic E-state index is 12.7. The molecule has 168 valence electrons. The van der Waals surface area contributed by atoms with Crippen molar-refractivity contribution < 1.29 is 29.4 Å². The lowest BCUT2D eigenvalue weighted by Gasteiger charge is -2.19. The van der Waals surface area contributed by atoms with Crippen LogP contribution in [-0.2, 0) is 0 Å². The predicted octanol–water partition coefficient (Wildman–Crippen LogP) is 3.85. The first-order chi connectivity index (χ1) is 16.3. The highest BCUT2D eigenvalue weighted by atomic mass is 16.4. The third-order valence-electron chi connectivity index (χ3n) is 6.31. The van der Waals surface area contributed by atoms with Gasteiger partial charge in [-0.05, 0) is 56.6 Å². The van der Waals surface area contributed by atoms with Gasteiger partial charge in [-0.3, -0.25) is 9.59 Å². The second kappa shape index (κ2) is 7.41. The number of nitrogens with one attached hydrogen (secondary N) is 2. The largest absolute Gasteiger partial charge is 0.478 e. The molecule has 5 aromatic rings. The molecule has 5 aromatic carbocycles. The quantitative estimate of drug-likeness (QED) is 0.241. The van der Waals surface area contributed by atoms with Crippen LogP contribution in [0.25, 0.3) is 43.1 Å². The standard InChI is InChI=1S/C26H18N2O6/c1-27-23(29)15-7-3-11-13-5-9-17(25(31)32)22-18(26(33)34)10-6-14(20(13)22)12-4-8-16(24(30)28-2)21(15)19(11)12/h3-10H,1-2H3,(H,27,29)(H,28,30)(H,31,32)(H,33,34). The van der Waals surface area contributed by atoms with Gasteiger partial charge in [-0.15, -0.1) is 0 Å². The molecule has 0 heterocycles. The molecular weight excluding hydrogens is 436 g/mol. The molecule has 2 amide bonds. The summed E-state index contributed by atoms with van der Waals surface area (Å²) in [5.41, 5.74) is 0.430. The van der Waals surface area contributed by atoms with Crippen LogP contribution in [0.3, 0.4) is 0 Å². The van der Waals surface area contributed by atoms with Crippen LogP contribution >= 0.6 is 0 Å². The van der Waals surface area contributed by atoms with Gasteiger partial charge in [0.25, 0.3) is 11.8 Å². The summed E-state index contributed by atoms with van der Waals surface area (Å²) in [5.74, 6) is -3.17. The Hall–Kier alpha value is -4.72. The molecule has 0 radical (unpaired) electrons. The van der Waals surface area contributed by atoms with Gasteiger partial charge in [0.05, 0.1) is 11.1 Å². The number of hydrogen-bond donors (Lipinski definition) is 4. The zero-order valence-corrected chi connectivity index (χ0v) is 18.1. The highest BCUT2D eigenvalue weighted by Crippen LogP contribution is 2.43. The van der Waals surface area contributed by atoms with E-state index in [0.29, 0.717) is 48.8 Å². The van der Waals surface area contributed by atoms with Crippen molar-refractivity contribution in [3.05, 3.63) is 70.8 Å². The number of aromatic carboxylic acids is 2. The molecule has 0 spiro atoms. The lowest BCUT2D eigenvalue weighted by Crippen LogP contribution is -2.22. The van der Waals surface area contributed by atoms with Crippen molar-refractivity contribution >= 4 is 66.8 Å². The Kier molecular flexibility index (Phi) is 4.61. The number of benzene rings is 5. The third-order valence-corrected chi connectivity index (χ3v) is 6.31. The Morgan fingerprint density at radius 1 is 0.500 bits per heavy atom. The van der Waals surface area contributed by atoms with E-state index in [2.05, 4.69) is 10.6 Å². The summed E-state index contributed by atoms with van der Waals surface area (Å²) in [4.78, 5) is 49.4. The maximum Gasteiger partial charge on any atom is 0.336 e. The molecule has 5 rings (SSSR count). The zero-order chi connectivity index (χ0) is 24.3. The minimum absolute atomic E-state index is 0.110. The summed E-state index contributed by atoms with van der Waals surface area (Å²) < 4.78 is 0. The van der Waals surface area contributed by atoms with Gasteiger partial charge in [-0.1, -0.05) is 24.3 Å². The number of hydrogen-bond acceptors (Lipinski definition) is 4. The minimum atomic E-state index is -1.23. The first-order valence-electron chi connectivity index (χ1n) is 10.4. The van der Waals surface area contributed by atoms with Crippen LogP contribution < -0.4 is 10.6 Å². The second-order valence-electron chi connectivity index (χ2n) is 7.91. The molecule has 0 bridgehead atoms. The SMILES string of the molecule is CNC(=O)c1ccc2c3ccc(C(=O)O)c4c(C(=O)O)ccc(c5ccc(C(=O)NC)c1c25)c43. The van der Waals surface area contributed by atoms with Gasteiger partial charge in [-0.2, -0.15) is 0 Å². The summed E-state index contributed by atoms with van der Waals surface area (Å²) in [7, 11) is 3.02. The first kappa shape index (κ1) is 21.1. The average Bonchev–Trinajstić information content (AvgIpc) is 2.84. The molecule has 34 heavy (non-hydrogen) atoms. The van der Waals surface area contributed by atoms with E-state index in [9.17, 15) is 29.4 Å². The number of amides is 2. The van der Waals surface area contributed by atoms with E-state index in [-0.39, 0.29) is 28.3 Å². The molecule has 8 heteroatoms. The van der Waals surface area contributed by atoms with Crippen LogP contribution in [0, 0.1) is 0 Å². The molecule has 0 saturated heterocycles. The van der Waals surface area contributed by atoms with Crippen molar-refractivity contribution in [2.75, 3.05) is 14.1 Å². The van der Waals surface area contributed by atoms with Gasteiger partial charge in [0.1, 0.15) is 0 Å². The molecule has 0 aromatic heterocycles. The molecule has 4 N–H and O–H groups in total. The van der Waals surface area contributed by atoms with Gasteiger partial charge in [-0.25, -0.2) is 9.59 Å². The summed E-state index contributed by atoms with van der Waals surface area (Å²) in [6.45, 7) is 0. The van der Waals surface area contributed by atoms with Crippen LogP contribution in [-0.4, -0.2) is 48.1 Å². The number of carbonyl (C=O) groups excluding carboxylic acids is 2. The molecule has 0 unspecified atom stereocenters. The lowest BCUT2D eigenvalue weighted by molar-refractivity contribution is 0.0695. The third kappa shape index (κ3) is 2.72. The molecule has 0 atom stereocenters. The molecule has 8 nitrogen and oxygen atoms in total. The van der Waals surface area contributed by atoms with Crippen molar-refractivity contribution in [1.29, 1.82) is 0 Å². The number of carboxylic acids is 2. The highest BCUT2D eigenvalue weighted by Gasteiger charge is 2.25. The van der Waals surface area contributed by atoms with E-state index in [0.717, 1.165) is 0 Å². The summed E-state index contributed by atoms with van der Waals surface area (Å²) in [6.07, 6.45) is 0. The summed E-state index contributed by atoms with van der Waals surface area (Å²) in [6, 6.07) is 12.8. The van der Waals surface area contributed by atoms with E-state index in [1.807, 2.05) is 0 Å². The van der Waals surface area contributed by atoms with Crippen LogP contribution in [0.4, 0.5) is 0 Å². The van der Waals surface area contributed by atoms with Crippen molar-refractivity contribution in [3.63, 3.8) is 0 Å². The Bertz CT molecular complexity index is 1600. The highest BCUT2D eigenvalue weighted by molar-refractivity contribution is 6.38. The first-order valence-corrected chi connectivity index (χ1v) is 10.4. The van der Waals surface area contributed by atoms with Crippen LogP contribution in [0.15, 0.2) is 48.5 Å². The number of rotatable bonds is 4. The summed E-state index contributed by atoms with van der Waals surface area (Å²) >= 11 is 0. The molecule has 0 fully saturated rings. The molecule has 0 saturated carbocycles. The fourth-order valence-corrected chi connectivity index (χ4v) is 4.89. The van der Waals surface area contributed by atoms with Crippen molar-refractivity contribution in [2.45, 2.75) is 0 Å². The van der Waals surface area contributed by atoms with Crippen LogP contribution in [0.2, 0.25) is 0 Å². The van der Waals surface area contributed by atoms with Gasteiger partial charge in [0.2, 0.25) is 0 Å². The van der Waals surface area contributed by atoms with Gasteiger partial charge >= 0.3 is 11.9 Å². The molecule has 0 aliphatic rings. The van der Waals surface area contributed by atoms with E-state index in [1.54, 1.807) is 36.4 Å². The normalized spacial score (nSPS) is 11.4. The Labute approximate surface area is 192 Å². The van der Waals surface area contributed by atoms with E-state index < -0.39 is 11.9 Å².